The number of fused-ring (bicyclic) bond motifs is 1. The fourth-order valence-corrected chi connectivity index (χ4v) is 6.20. The molecule has 2 aromatic rings. The first-order chi connectivity index (χ1) is 16.3. The molecular formula is C26H35N5O3. The SMILES string of the molecule is C[C@@H]1[C@@H]2[C@@H](O)[C@@H]([C@H](C)C(=O)NCc3cccnc3)CC[C@]2(C)CC[C@@H]1NC(=O)c1cnccn1. The summed E-state index contributed by atoms with van der Waals surface area (Å²) in [6.45, 7) is 6.70. The van der Waals surface area contributed by atoms with Gasteiger partial charge in [0.2, 0.25) is 5.91 Å². The minimum atomic E-state index is -0.607. The molecule has 182 valence electrons. The Bertz CT molecular complexity index is 988. The van der Waals surface area contributed by atoms with E-state index in [0.29, 0.717) is 12.2 Å². The third kappa shape index (κ3) is 4.97. The number of aromatic nitrogens is 3. The summed E-state index contributed by atoms with van der Waals surface area (Å²) >= 11 is 0. The topological polar surface area (TPSA) is 117 Å². The average Bonchev–Trinajstić information content (AvgIpc) is 2.85. The molecule has 0 aliphatic heterocycles. The number of aliphatic hydroxyl groups is 1. The van der Waals surface area contributed by atoms with Gasteiger partial charge in [-0.1, -0.05) is 26.8 Å². The van der Waals surface area contributed by atoms with Gasteiger partial charge in [0.05, 0.1) is 12.3 Å². The van der Waals surface area contributed by atoms with Gasteiger partial charge in [-0.05, 0) is 60.5 Å². The van der Waals surface area contributed by atoms with Crippen molar-refractivity contribution in [2.24, 2.45) is 29.1 Å². The molecule has 4 rings (SSSR count). The van der Waals surface area contributed by atoms with E-state index in [4.69, 9.17) is 0 Å². The Labute approximate surface area is 201 Å². The second kappa shape index (κ2) is 10.2. The van der Waals surface area contributed by atoms with E-state index in [1.807, 2.05) is 19.1 Å². The van der Waals surface area contributed by atoms with Crippen LogP contribution in [0.4, 0.5) is 0 Å². The van der Waals surface area contributed by atoms with Gasteiger partial charge >= 0.3 is 0 Å². The van der Waals surface area contributed by atoms with Crippen LogP contribution in [0.2, 0.25) is 0 Å². The van der Waals surface area contributed by atoms with Crippen molar-refractivity contribution in [1.82, 2.24) is 25.6 Å². The van der Waals surface area contributed by atoms with E-state index in [2.05, 4.69) is 39.4 Å². The van der Waals surface area contributed by atoms with Crippen LogP contribution in [-0.2, 0) is 11.3 Å². The highest BCUT2D eigenvalue weighted by Crippen LogP contribution is 2.55. The molecule has 0 unspecified atom stereocenters. The van der Waals surface area contributed by atoms with Crippen molar-refractivity contribution in [2.75, 3.05) is 0 Å². The Kier molecular flexibility index (Phi) is 7.26. The highest BCUT2D eigenvalue weighted by molar-refractivity contribution is 5.92. The minimum Gasteiger partial charge on any atom is -0.392 e. The molecule has 2 aliphatic rings. The molecule has 2 amide bonds. The zero-order valence-corrected chi connectivity index (χ0v) is 20.1. The van der Waals surface area contributed by atoms with E-state index < -0.39 is 6.10 Å². The summed E-state index contributed by atoms with van der Waals surface area (Å²) < 4.78 is 0. The van der Waals surface area contributed by atoms with E-state index in [9.17, 15) is 14.7 Å². The van der Waals surface area contributed by atoms with Crippen molar-refractivity contribution >= 4 is 11.8 Å². The summed E-state index contributed by atoms with van der Waals surface area (Å²) in [5.74, 6) is -0.642. The molecule has 0 aromatic carbocycles. The lowest BCUT2D eigenvalue weighted by Crippen LogP contribution is -2.58. The summed E-state index contributed by atoms with van der Waals surface area (Å²) in [5, 5.41) is 17.7. The van der Waals surface area contributed by atoms with Crippen molar-refractivity contribution in [3.63, 3.8) is 0 Å². The molecule has 0 radical (unpaired) electrons. The Morgan fingerprint density at radius 2 is 1.94 bits per heavy atom. The van der Waals surface area contributed by atoms with Crippen LogP contribution < -0.4 is 10.6 Å². The van der Waals surface area contributed by atoms with Crippen LogP contribution in [0.1, 0.15) is 62.5 Å². The molecule has 34 heavy (non-hydrogen) atoms. The zero-order chi connectivity index (χ0) is 24.3. The molecule has 2 aliphatic carbocycles. The Morgan fingerprint density at radius 3 is 2.65 bits per heavy atom. The highest BCUT2D eigenvalue weighted by atomic mass is 16.3. The molecule has 0 saturated heterocycles. The third-order valence-corrected chi connectivity index (χ3v) is 8.25. The van der Waals surface area contributed by atoms with E-state index in [-0.39, 0.29) is 46.9 Å². The number of nitrogens with zero attached hydrogens (tertiary/aromatic N) is 3. The fraction of sp³-hybridized carbons (Fsp3) is 0.577. The van der Waals surface area contributed by atoms with E-state index in [0.717, 1.165) is 31.2 Å². The summed E-state index contributed by atoms with van der Waals surface area (Å²) in [4.78, 5) is 37.8. The van der Waals surface area contributed by atoms with Gasteiger partial charge in [0.15, 0.2) is 0 Å². The molecule has 0 spiro atoms. The maximum Gasteiger partial charge on any atom is 0.271 e. The molecule has 3 N–H and O–H groups in total. The largest absolute Gasteiger partial charge is 0.392 e. The van der Waals surface area contributed by atoms with E-state index >= 15 is 0 Å². The quantitative estimate of drug-likeness (QED) is 0.604. The second-order valence-electron chi connectivity index (χ2n) is 10.3. The Hall–Kier alpha value is -2.87. The summed E-state index contributed by atoms with van der Waals surface area (Å²) in [5.41, 5.74) is 1.24. The number of hydrogen-bond acceptors (Lipinski definition) is 6. The second-order valence-corrected chi connectivity index (χ2v) is 10.3. The lowest BCUT2D eigenvalue weighted by molar-refractivity contribution is -0.142. The third-order valence-electron chi connectivity index (χ3n) is 8.25. The van der Waals surface area contributed by atoms with Crippen LogP contribution >= 0.6 is 0 Å². The number of carbonyl (C=O) groups excluding carboxylic acids is 2. The average molecular weight is 466 g/mol. The van der Waals surface area contributed by atoms with Crippen molar-refractivity contribution in [3.8, 4) is 0 Å². The molecule has 8 nitrogen and oxygen atoms in total. The zero-order valence-electron chi connectivity index (χ0n) is 20.1. The van der Waals surface area contributed by atoms with Crippen molar-refractivity contribution in [1.29, 1.82) is 0 Å². The summed E-state index contributed by atoms with van der Waals surface area (Å²) in [6, 6.07) is 3.72. The minimum absolute atomic E-state index is 0.000677. The van der Waals surface area contributed by atoms with E-state index in [1.54, 1.807) is 12.4 Å². The number of carbonyl (C=O) groups is 2. The van der Waals surface area contributed by atoms with Crippen LogP contribution in [0.3, 0.4) is 0 Å². The van der Waals surface area contributed by atoms with Crippen LogP contribution in [0.25, 0.3) is 0 Å². The van der Waals surface area contributed by atoms with Crippen molar-refractivity contribution < 1.29 is 14.7 Å². The van der Waals surface area contributed by atoms with Gasteiger partial charge in [0.1, 0.15) is 5.69 Å². The van der Waals surface area contributed by atoms with Gasteiger partial charge in [0.25, 0.3) is 5.91 Å². The standard InChI is InChI=1S/C26H35N5O3/c1-16(24(33)30-14-18-5-4-10-27-13-18)19-6-8-26(3)9-7-20(17(2)22(26)23(19)32)31-25(34)21-15-28-11-12-29-21/h4-5,10-13,15-17,19-20,22-23,32H,6-9,14H2,1-3H3,(H,30,33)(H,31,34)/t16-,17-,19+,20-,22+,23-,26+/m0/s1. The van der Waals surface area contributed by atoms with Gasteiger partial charge in [0, 0.05) is 43.3 Å². The number of amides is 2. The maximum absolute atomic E-state index is 12.9. The molecule has 8 heteroatoms. The first kappa shape index (κ1) is 24.3. The van der Waals surface area contributed by atoms with E-state index in [1.165, 1.54) is 18.6 Å². The fourth-order valence-electron chi connectivity index (χ4n) is 6.20. The van der Waals surface area contributed by atoms with Crippen LogP contribution in [-0.4, -0.2) is 44.0 Å². The highest BCUT2D eigenvalue weighted by Gasteiger charge is 2.53. The Balaban J connectivity index is 1.42. The van der Waals surface area contributed by atoms with Gasteiger partial charge in [-0.25, -0.2) is 4.98 Å². The van der Waals surface area contributed by atoms with Gasteiger partial charge in [-0.3, -0.25) is 19.6 Å². The van der Waals surface area contributed by atoms with Crippen molar-refractivity contribution in [2.45, 2.75) is 65.1 Å². The van der Waals surface area contributed by atoms with Crippen LogP contribution in [0.5, 0.6) is 0 Å². The lowest BCUT2D eigenvalue weighted by atomic mass is 9.51. The van der Waals surface area contributed by atoms with Crippen molar-refractivity contribution in [3.05, 3.63) is 54.4 Å². The summed E-state index contributed by atoms with van der Waals surface area (Å²) in [6.07, 6.45) is 10.9. The van der Waals surface area contributed by atoms with Gasteiger partial charge < -0.3 is 15.7 Å². The predicted octanol–water partition coefficient (Wildman–Crippen LogP) is 2.75. The summed E-state index contributed by atoms with van der Waals surface area (Å²) in [7, 11) is 0. The van der Waals surface area contributed by atoms with Gasteiger partial charge in [-0.15, -0.1) is 0 Å². The monoisotopic (exact) mass is 465 g/mol. The molecule has 7 atom stereocenters. The number of nitrogens with one attached hydrogen (secondary N) is 2. The van der Waals surface area contributed by atoms with Gasteiger partial charge in [-0.2, -0.15) is 0 Å². The normalized spacial score (nSPS) is 31.7. The lowest BCUT2D eigenvalue weighted by Gasteiger charge is -2.56. The molecular weight excluding hydrogens is 430 g/mol. The Morgan fingerprint density at radius 1 is 1.18 bits per heavy atom. The first-order valence-electron chi connectivity index (χ1n) is 12.2. The van der Waals surface area contributed by atoms with Crippen LogP contribution in [0.15, 0.2) is 43.1 Å². The number of rotatable bonds is 6. The molecule has 0 bridgehead atoms. The predicted molar refractivity (Wildman–Crippen MR) is 127 cm³/mol. The number of aliphatic hydroxyl groups excluding tert-OH is 1. The first-order valence-corrected chi connectivity index (χ1v) is 12.2. The molecule has 2 heterocycles. The number of pyridine rings is 1. The molecule has 2 aromatic heterocycles. The smallest absolute Gasteiger partial charge is 0.271 e. The molecule has 2 saturated carbocycles. The maximum atomic E-state index is 12.9. The number of hydrogen-bond donors (Lipinski definition) is 3. The molecule has 2 fully saturated rings. The van der Waals surface area contributed by atoms with Crippen LogP contribution in [0, 0.1) is 29.1 Å².